The number of hydrogen-bond donors (Lipinski definition) is 2. The predicted molar refractivity (Wildman–Crippen MR) is 107 cm³/mol. The third kappa shape index (κ3) is 5.16. The van der Waals surface area contributed by atoms with Crippen molar-refractivity contribution in [3.05, 3.63) is 89.0 Å². The molecule has 148 valence electrons. The molecule has 2 N–H and O–H groups in total. The minimum atomic E-state index is -0.408. The first-order valence-electron chi connectivity index (χ1n) is 8.90. The number of ether oxygens (including phenoxy) is 1. The molecule has 0 saturated carbocycles. The van der Waals surface area contributed by atoms with E-state index in [4.69, 9.17) is 4.74 Å². The number of hydrogen-bond acceptors (Lipinski definition) is 4. The van der Waals surface area contributed by atoms with E-state index in [2.05, 4.69) is 15.6 Å². The van der Waals surface area contributed by atoms with Crippen LogP contribution in [-0.4, -0.2) is 23.9 Å². The molecule has 2 amide bonds. The second kappa shape index (κ2) is 8.97. The average molecular weight is 393 g/mol. The molecular formula is C22H20FN3O3. The Kier molecular flexibility index (Phi) is 6.19. The van der Waals surface area contributed by atoms with Crippen molar-refractivity contribution in [3.63, 3.8) is 0 Å². The molecule has 3 rings (SSSR count). The average Bonchev–Trinajstić information content (AvgIpc) is 2.73. The lowest BCUT2D eigenvalue weighted by atomic mass is 10.1. The summed E-state index contributed by atoms with van der Waals surface area (Å²) in [5.41, 5.74) is 2.74. The van der Waals surface area contributed by atoms with E-state index in [0.29, 0.717) is 11.4 Å². The van der Waals surface area contributed by atoms with Crippen LogP contribution >= 0.6 is 0 Å². The summed E-state index contributed by atoms with van der Waals surface area (Å²) in [6, 6.07) is 12.7. The van der Waals surface area contributed by atoms with Crippen molar-refractivity contribution < 1.29 is 18.7 Å². The number of pyridine rings is 1. The number of carbonyl (C=O) groups excluding carboxylic acids is 2. The van der Waals surface area contributed by atoms with Gasteiger partial charge >= 0.3 is 0 Å². The number of amides is 2. The van der Waals surface area contributed by atoms with E-state index in [1.54, 1.807) is 24.3 Å². The second-order valence-corrected chi connectivity index (χ2v) is 6.43. The Hall–Kier alpha value is -3.74. The third-order valence-corrected chi connectivity index (χ3v) is 4.23. The molecule has 29 heavy (non-hydrogen) atoms. The number of aryl methyl sites for hydroxylation is 1. The van der Waals surface area contributed by atoms with E-state index in [1.807, 2.05) is 13.0 Å². The molecule has 6 nitrogen and oxygen atoms in total. The van der Waals surface area contributed by atoms with Crippen LogP contribution in [-0.2, 0) is 6.54 Å². The van der Waals surface area contributed by atoms with E-state index in [1.165, 1.54) is 37.7 Å². The van der Waals surface area contributed by atoms with Crippen molar-refractivity contribution in [2.24, 2.45) is 0 Å². The summed E-state index contributed by atoms with van der Waals surface area (Å²) in [6.07, 6.45) is 2.76. The fraction of sp³-hybridized carbons (Fsp3) is 0.136. The van der Waals surface area contributed by atoms with Crippen LogP contribution in [0.1, 0.15) is 31.8 Å². The number of aromatic nitrogens is 1. The number of anilines is 1. The third-order valence-electron chi connectivity index (χ3n) is 4.23. The van der Waals surface area contributed by atoms with Crippen molar-refractivity contribution in [1.29, 1.82) is 0 Å². The molecule has 0 bridgehead atoms. The van der Waals surface area contributed by atoms with Gasteiger partial charge in [-0.3, -0.25) is 14.6 Å². The summed E-state index contributed by atoms with van der Waals surface area (Å²) in [5, 5.41) is 5.50. The maximum Gasteiger partial charge on any atom is 0.257 e. The van der Waals surface area contributed by atoms with Crippen LogP contribution in [0.3, 0.4) is 0 Å². The molecule has 7 heteroatoms. The van der Waals surface area contributed by atoms with Gasteiger partial charge < -0.3 is 15.4 Å². The molecule has 0 atom stereocenters. The highest BCUT2D eigenvalue weighted by molar-refractivity contribution is 6.06. The van der Waals surface area contributed by atoms with Gasteiger partial charge in [0.05, 0.1) is 23.9 Å². The fourth-order valence-electron chi connectivity index (χ4n) is 2.69. The van der Waals surface area contributed by atoms with Crippen LogP contribution in [0.2, 0.25) is 0 Å². The Bertz CT molecular complexity index is 1040. The zero-order chi connectivity index (χ0) is 20.8. The molecule has 0 saturated heterocycles. The quantitative estimate of drug-likeness (QED) is 0.669. The number of halogens is 1. The molecule has 0 aliphatic rings. The van der Waals surface area contributed by atoms with Crippen molar-refractivity contribution >= 4 is 17.5 Å². The number of carbonyl (C=O) groups is 2. The van der Waals surface area contributed by atoms with Crippen molar-refractivity contribution in [2.75, 3.05) is 12.4 Å². The normalized spacial score (nSPS) is 10.3. The van der Waals surface area contributed by atoms with Crippen molar-refractivity contribution in [3.8, 4) is 5.75 Å². The topological polar surface area (TPSA) is 80.3 Å². The molecule has 0 unspecified atom stereocenters. The summed E-state index contributed by atoms with van der Waals surface area (Å²) >= 11 is 0. The molecule has 0 fully saturated rings. The van der Waals surface area contributed by atoms with Crippen LogP contribution in [0.4, 0.5) is 10.1 Å². The first kappa shape index (κ1) is 20.0. The van der Waals surface area contributed by atoms with Crippen molar-refractivity contribution in [1.82, 2.24) is 10.3 Å². The Morgan fingerprint density at radius 1 is 1.00 bits per heavy atom. The predicted octanol–water partition coefficient (Wildman–Crippen LogP) is 3.72. The number of rotatable bonds is 6. The van der Waals surface area contributed by atoms with Gasteiger partial charge in [-0.05, 0) is 48.4 Å². The number of benzene rings is 2. The molecule has 0 spiro atoms. The Labute approximate surface area is 167 Å². The van der Waals surface area contributed by atoms with Crippen molar-refractivity contribution in [2.45, 2.75) is 13.5 Å². The standard InChI is InChI=1S/C22H20FN3O3/c1-14-3-8-20(29-2)19(9-14)26-22(28)17-10-16(12-24-13-17)21(27)25-11-15-4-6-18(23)7-5-15/h3-10,12-13H,11H2,1-2H3,(H,25,27)(H,26,28). The summed E-state index contributed by atoms with van der Waals surface area (Å²) in [4.78, 5) is 29.0. The van der Waals surface area contributed by atoms with E-state index < -0.39 is 5.91 Å². The number of nitrogens with zero attached hydrogens (tertiary/aromatic N) is 1. The first-order chi connectivity index (χ1) is 14.0. The maximum absolute atomic E-state index is 13.0. The molecule has 2 aromatic carbocycles. The Morgan fingerprint density at radius 2 is 1.69 bits per heavy atom. The van der Waals surface area contributed by atoms with Gasteiger partial charge in [0.1, 0.15) is 11.6 Å². The maximum atomic E-state index is 13.0. The fourth-order valence-corrected chi connectivity index (χ4v) is 2.69. The monoisotopic (exact) mass is 393 g/mol. The zero-order valence-electron chi connectivity index (χ0n) is 16.0. The Balaban J connectivity index is 1.70. The SMILES string of the molecule is COc1ccc(C)cc1NC(=O)c1cncc(C(=O)NCc2ccc(F)cc2)c1. The van der Waals surface area contributed by atoms with Gasteiger partial charge in [-0.2, -0.15) is 0 Å². The number of nitrogens with one attached hydrogen (secondary N) is 2. The first-order valence-corrected chi connectivity index (χ1v) is 8.90. The molecule has 0 aliphatic heterocycles. The molecule has 1 aromatic heterocycles. The largest absolute Gasteiger partial charge is 0.495 e. The van der Waals surface area contributed by atoms with Gasteiger partial charge in [-0.15, -0.1) is 0 Å². The van der Waals surface area contributed by atoms with Gasteiger partial charge in [-0.1, -0.05) is 18.2 Å². The molecule has 1 heterocycles. The van der Waals surface area contributed by atoms with E-state index >= 15 is 0 Å². The van der Waals surface area contributed by atoms with Gasteiger partial charge in [0.2, 0.25) is 0 Å². The smallest absolute Gasteiger partial charge is 0.257 e. The lowest BCUT2D eigenvalue weighted by Crippen LogP contribution is -2.23. The van der Waals surface area contributed by atoms with Gasteiger partial charge in [0.25, 0.3) is 11.8 Å². The van der Waals surface area contributed by atoms with Crippen LogP contribution in [0.15, 0.2) is 60.9 Å². The highest BCUT2D eigenvalue weighted by atomic mass is 19.1. The summed E-state index contributed by atoms with van der Waals surface area (Å²) in [5.74, 6) is -0.600. The molecule has 3 aromatic rings. The lowest BCUT2D eigenvalue weighted by Gasteiger charge is -2.11. The number of methoxy groups -OCH3 is 1. The van der Waals surface area contributed by atoms with E-state index in [-0.39, 0.29) is 29.4 Å². The minimum Gasteiger partial charge on any atom is -0.495 e. The highest BCUT2D eigenvalue weighted by Gasteiger charge is 2.13. The van der Waals surface area contributed by atoms with E-state index in [9.17, 15) is 14.0 Å². The van der Waals surface area contributed by atoms with E-state index in [0.717, 1.165) is 11.1 Å². The highest BCUT2D eigenvalue weighted by Crippen LogP contribution is 2.25. The summed E-state index contributed by atoms with van der Waals surface area (Å²) in [7, 11) is 1.52. The Morgan fingerprint density at radius 3 is 2.38 bits per heavy atom. The molecular weight excluding hydrogens is 373 g/mol. The van der Waals surface area contributed by atoms with Crippen LogP contribution < -0.4 is 15.4 Å². The molecule has 0 aliphatic carbocycles. The summed E-state index contributed by atoms with van der Waals surface area (Å²) < 4.78 is 18.2. The lowest BCUT2D eigenvalue weighted by molar-refractivity contribution is 0.0950. The van der Waals surface area contributed by atoms with Gasteiger partial charge in [0.15, 0.2) is 0 Å². The zero-order valence-corrected chi connectivity index (χ0v) is 16.0. The minimum absolute atomic E-state index is 0.232. The van der Waals surface area contributed by atoms with Gasteiger partial charge in [0, 0.05) is 18.9 Å². The second-order valence-electron chi connectivity index (χ2n) is 6.43. The van der Waals surface area contributed by atoms with Crippen LogP contribution in [0, 0.1) is 12.7 Å². The van der Waals surface area contributed by atoms with Crippen LogP contribution in [0.25, 0.3) is 0 Å². The molecule has 0 radical (unpaired) electrons. The van der Waals surface area contributed by atoms with Crippen LogP contribution in [0.5, 0.6) is 5.75 Å². The summed E-state index contributed by atoms with van der Waals surface area (Å²) in [6.45, 7) is 2.14. The van der Waals surface area contributed by atoms with Gasteiger partial charge in [-0.25, -0.2) is 4.39 Å².